The fourth-order valence-corrected chi connectivity index (χ4v) is 12.9. The van der Waals surface area contributed by atoms with Crippen molar-refractivity contribution in [3.05, 3.63) is 11.6 Å². The molecule has 7 aliphatic rings. The minimum absolute atomic E-state index is 0.0111. The Balaban J connectivity index is 1.04. The summed E-state index contributed by atoms with van der Waals surface area (Å²) in [4.78, 5) is 0. The first-order valence-electron chi connectivity index (χ1n) is 20.5. The number of fused-ring (bicyclic) bond motifs is 5. The summed E-state index contributed by atoms with van der Waals surface area (Å²) in [6.07, 6.45) is -8.79. The highest BCUT2D eigenvalue weighted by Gasteiger charge is 2.68. The van der Waals surface area contributed by atoms with Gasteiger partial charge in [-0.1, -0.05) is 32.4 Å². The van der Waals surface area contributed by atoms with Gasteiger partial charge in [0, 0.05) is 7.11 Å². The fraction of sp³-hybridized carbons (Fsp3) is 0.950. The Morgan fingerprint density at radius 3 is 2.07 bits per heavy atom. The van der Waals surface area contributed by atoms with Crippen molar-refractivity contribution < 1.29 is 74.7 Å². The molecule has 3 saturated carbocycles. The molecule has 55 heavy (non-hydrogen) atoms. The second kappa shape index (κ2) is 15.6. The molecule has 0 aromatic carbocycles. The average Bonchev–Trinajstić information content (AvgIpc) is 3.45. The minimum Gasteiger partial charge on any atom is -0.394 e. The zero-order valence-corrected chi connectivity index (χ0v) is 32.7. The Bertz CT molecular complexity index is 1380. The van der Waals surface area contributed by atoms with E-state index in [0.717, 1.165) is 44.9 Å². The normalized spacial score (nSPS) is 56.2. The Kier molecular flexibility index (Phi) is 12.0. The quantitative estimate of drug-likeness (QED) is 0.134. The lowest BCUT2D eigenvalue weighted by Gasteiger charge is -2.62. The lowest BCUT2D eigenvalue weighted by Crippen LogP contribution is -2.65. The summed E-state index contributed by atoms with van der Waals surface area (Å²) in [6, 6.07) is 0. The molecule has 15 heteroatoms. The van der Waals surface area contributed by atoms with E-state index in [2.05, 4.69) is 19.9 Å². The van der Waals surface area contributed by atoms with Crippen molar-refractivity contribution in [2.45, 2.75) is 176 Å². The maximum absolute atomic E-state index is 12.8. The molecule has 10 N–H and O–H groups in total. The van der Waals surface area contributed by atoms with Gasteiger partial charge in [-0.3, -0.25) is 0 Å². The van der Waals surface area contributed by atoms with Crippen LogP contribution in [0.1, 0.15) is 79.1 Å². The van der Waals surface area contributed by atoms with Crippen molar-refractivity contribution in [1.29, 1.82) is 0 Å². The van der Waals surface area contributed by atoms with Gasteiger partial charge in [0.1, 0.15) is 67.1 Å². The third kappa shape index (κ3) is 6.60. The molecule has 3 aliphatic heterocycles. The van der Waals surface area contributed by atoms with Crippen molar-refractivity contribution >= 4 is 0 Å². The number of aliphatic hydroxyl groups is 10. The highest BCUT2D eigenvalue weighted by molar-refractivity contribution is 5.28. The van der Waals surface area contributed by atoms with Gasteiger partial charge in [-0.2, -0.15) is 0 Å². The predicted octanol–water partition coefficient (Wildman–Crippen LogP) is -0.877. The number of rotatable bonds is 8. The van der Waals surface area contributed by atoms with E-state index in [9.17, 15) is 51.1 Å². The number of methoxy groups -OCH3 is 1. The SMILES string of the molecule is CO[C@@H]1[C@@H](O)[C@H]([C@H]2CC[C@@]3(C)C(=CC[C@@H]4[C@@H]3CC[C@]3(C)[C@@H]([C@@H](C)[C@@H]5O[C@H](CO)[C@@H](O)[C@H](O)[C@H]5O)CC[C@]43O)C2)O[C@H](C)[C@@H]1O[C@@H]1O[C@H](CO)[C@@H](O)[C@H](O)[C@H]1O. The van der Waals surface area contributed by atoms with Crippen LogP contribution in [0.3, 0.4) is 0 Å². The molecule has 3 saturated heterocycles. The predicted molar refractivity (Wildman–Crippen MR) is 193 cm³/mol. The molecule has 0 radical (unpaired) electrons. The van der Waals surface area contributed by atoms with Gasteiger partial charge in [0.15, 0.2) is 6.29 Å². The Morgan fingerprint density at radius 2 is 1.42 bits per heavy atom. The van der Waals surface area contributed by atoms with Crippen LogP contribution in [-0.2, 0) is 23.7 Å². The van der Waals surface area contributed by atoms with Crippen LogP contribution >= 0.6 is 0 Å². The highest BCUT2D eigenvalue weighted by atomic mass is 16.7. The molecular formula is C40H66O15. The van der Waals surface area contributed by atoms with Crippen LogP contribution < -0.4 is 0 Å². The molecule has 0 unspecified atom stereocenters. The zero-order valence-electron chi connectivity index (χ0n) is 32.7. The zero-order chi connectivity index (χ0) is 39.9. The van der Waals surface area contributed by atoms with Gasteiger partial charge in [0.2, 0.25) is 0 Å². The van der Waals surface area contributed by atoms with Gasteiger partial charge < -0.3 is 74.7 Å². The summed E-state index contributed by atoms with van der Waals surface area (Å²) in [5.74, 6) is -0.00965. The fourth-order valence-electron chi connectivity index (χ4n) is 12.9. The molecule has 0 aromatic heterocycles. The van der Waals surface area contributed by atoms with Crippen LogP contribution in [0.5, 0.6) is 0 Å². The van der Waals surface area contributed by atoms with E-state index in [1.165, 1.54) is 12.7 Å². The molecule has 7 rings (SSSR count). The Hall–Kier alpha value is -0.860. The largest absolute Gasteiger partial charge is 0.394 e. The number of allylic oxidation sites excluding steroid dienone is 2. The summed E-state index contributed by atoms with van der Waals surface area (Å²) in [5.41, 5.74) is -0.258. The molecule has 6 fully saturated rings. The van der Waals surface area contributed by atoms with Crippen molar-refractivity contribution in [3.8, 4) is 0 Å². The maximum Gasteiger partial charge on any atom is 0.187 e. The van der Waals surface area contributed by atoms with Gasteiger partial charge in [0.05, 0.1) is 37.1 Å². The third-order valence-corrected chi connectivity index (χ3v) is 16.2. The van der Waals surface area contributed by atoms with Crippen molar-refractivity contribution in [2.24, 2.45) is 40.4 Å². The molecule has 15 nitrogen and oxygen atoms in total. The standard InChI is InChI=1S/C40H66O15/c1-17(33-30(47)28(45)26(43)24(15-41)53-33)21-10-13-40(50)23-7-6-20-14-19(8-11-38(20,3)22(23)9-12-39(21,40)4)35-32(49)36(51-5)34(18(2)52-35)55-37-31(48)29(46)27(44)25(16-42)54-37/h6,17-19,21-37,41-50H,7-16H2,1-5H3/t17-,18-,19+,21-,22+,23-,24-,25-,26-,27-,28+,29+,30-,31-,32+,33+,34+,35+,36-,37+,38+,39-,40+/m1/s1. The molecule has 3 heterocycles. The lowest BCUT2D eigenvalue weighted by atomic mass is 9.44. The monoisotopic (exact) mass is 786 g/mol. The van der Waals surface area contributed by atoms with E-state index in [-0.39, 0.29) is 35.0 Å². The Morgan fingerprint density at radius 1 is 0.764 bits per heavy atom. The van der Waals surface area contributed by atoms with Crippen LogP contribution in [0.15, 0.2) is 11.6 Å². The second-order valence-corrected chi connectivity index (χ2v) is 18.6. The van der Waals surface area contributed by atoms with Gasteiger partial charge in [-0.25, -0.2) is 0 Å². The molecule has 4 aliphatic carbocycles. The molecule has 316 valence electrons. The molecule has 0 amide bonds. The first-order chi connectivity index (χ1) is 26.0. The molecule has 0 spiro atoms. The van der Waals surface area contributed by atoms with E-state index in [1.807, 2.05) is 6.92 Å². The van der Waals surface area contributed by atoms with Crippen LogP contribution in [0.4, 0.5) is 0 Å². The second-order valence-electron chi connectivity index (χ2n) is 18.6. The maximum atomic E-state index is 12.8. The highest BCUT2D eigenvalue weighted by Crippen LogP contribution is 2.69. The van der Waals surface area contributed by atoms with Crippen molar-refractivity contribution in [2.75, 3.05) is 20.3 Å². The van der Waals surface area contributed by atoms with E-state index in [0.29, 0.717) is 6.42 Å². The van der Waals surface area contributed by atoms with Crippen LogP contribution in [0, 0.1) is 40.4 Å². The summed E-state index contributed by atoms with van der Waals surface area (Å²) in [7, 11) is 1.47. The third-order valence-electron chi connectivity index (χ3n) is 16.2. The van der Waals surface area contributed by atoms with Crippen LogP contribution in [0.25, 0.3) is 0 Å². The Labute approximate surface area is 323 Å². The topological polar surface area (TPSA) is 248 Å². The minimum atomic E-state index is -1.61. The van der Waals surface area contributed by atoms with Gasteiger partial charge in [-0.15, -0.1) is 0 Å². The van der Waals surface area contributed by atoms with Crippen LogP contribution in [0.2, 0.25) is 0 Å². The summed E-state index contributed by atoms with van der Waals surface area (Å²) >= 11 is 0. The van der Waals surface area contributed by atoms with E-state index in [4.69, 9.17) is 23.7 Å². The van der Waals surface area contributed by atoms with E-state index >= 15 is 0 Å². The van der Waals surface area contributed by atoms with Crippen molar-refractivity contribution in [3.63, 3.8) is 0 Å². The first kappa shape index (κ1) is 42.3. The molecule has 23 atom stereocenters. The first-order valence-corrected chi connectivity index (χ1v) is 20.5. The smallest absolute Gasteiger partial charge is 0.187 e. The number of ether oxygens (including phenoxy) is 5. The average molecular weight is 787 g/mol. The summed E-state index contributed by atoms with van der Waals surface area (Å²) < 4.78 is 29.9. The summed E-state index contributed by atoms with van der Waals surface area (Å²) in [6.45, 7) is 7.21. The van der Waals surface area contributed by atoms with E-state index in [1.54, 1.807) is 6.92 Å². The summed E-state index contributed by atoms with van der Waals surface area (Å²) in [5, 5.41) is 107. The number of hydrogen-bond donors (Lipinski definition) is 10. The van der Waals surface area contributed by atoms with Crippen LogP contribution in [-0.4, -0.2) is 169 Å². The van der Waals surface area contributed by atoms with Gasteiger partial charge in [-0.05, 0) is 98.7 Å². The lowest BCUT2D eigenvalue weighted by molar-refractivity contribution is -0.343. The molecular weight excluding hydrogens is 720 g/mol. The molecule has 0 bridgehead atoms. The van der Waals surface area contributed by atoms with Crippen molar-refractivity contribution in [1.82, 2.24) is 0 Å². The number of aliphatic hydroxyl groups excluding tert-OH is 9. The molecule has 0 aromatic rings. The van der Waals surface area contributed by atoms with Gasteiger partial charge in [0.25, 0.3) is 0 Å². The van der Waals surface area contributed by atoms with E-state index < -0.39 is 116 Å². The number of hydrogen-bond acceptors (Lipinski definition) is 15. The van der Waals surface area contributed by atoms with Gasteiger partial charge >= 0.3 is 0 Å².